The van der Waals surface area contributed by atoms with Gasteiger partial charge >= 0.3 is 0 Å². The average molecular weight is 582 g/mol. The summed E-state index contributed by atoms with van der Waals surface area (Å²) in [6.07, 6.45) is 0.681. The van der Waals surface area contributed by atoms with Crippen molar-refractivity contribution in [3.05, 3.63) is 88.4 Å². The van der Waals surface area contributed by atoms with Gasteiger partial charge < -0.3 is 15.4 Å². The number of rotatable bonds is 11. The zero-order valence-electron chi connectivity index (χ0n) is 19.9. The van der Waals surface area contributed by atoms with Crippen molar-refractivity contribution in [3.63, 3.8) is 0 Å². The number of amides is 1. The first-order valence-corrected chi connectivity index (χ1v) is 14.0. The molecule has 3 aromatic rings. The number of nitrogen functional groups attached to an aromatic ring is 1. The zero-order valence-corrected chi connectivity index (χ0v) is 23.1. The van der Waals surface area contributed by atoms with Crippen LogP contribution in [0.2, 0.25) is 10.0 Å². The number of hydrazine groups is 1. The van der Waals surface area contributed by atoms with E-state index < -0.39 is 10.0 Å². The van der Waals surface area contributed by atoms with Gasteiger partial charge in [0.1, 0.15) is 10.8 Å². The summed E-state index contributed by atoms with van der Waals surface area (Å²) in [5.74, 6) is 6.22. The number of nitrogens with two attached hydrogens (primary N) is 2. The van der Waals surface area contributed by atoms with Crippen LogP contribution < -0.4 is 21.2 Å². The first kappa shape index (κ1) is 28.7. The first-order chi connectivity index (χ1) is 17.5. The fraction of sp³-hybridized carbons (Fsp3) is 0.160. The molecule has 0 aliphatic heterocycles. The number of para-hydroxylation sites is 1. The van der Waals surface area contributed by atoms with Crippen molar-refractivity contribution in [1.29, 1.82) is 0 Å². The lowest BCUT2D eigenvalue weighted by atomic mass is 10.2. The van der Waals surface area contributed by atoms with E-state index in [1.165, 1.54) is 29.2 Å². The lowest BCUT2D eigenvalue weighted by Crippen LogP contribution is -2.35. The minimum absolute atomic E-state index is 0.0457. The Labute approximate surface area is 230 Å². The standard InChI is InChI=1S/C25H26Cl2N4O4S2/c1-17(36-24-7-4-3-6-22(24)28)31(29)37(33,34)20-12-10-19(11-13-20)30(2)25(32)8-5-15-35-23-14-9-18(26)16-21(23)27/h3-4,6-7,9-14,16H,1,5,8,15,28-29H2,2H3. The summed E-state index contributed by atoms with van der Waals surface area (Å²) in [4.78, 5) is 14.6. The molecule has 37 heavy (non-hydrogen) atoms. The van der Waals surface area contributed by atoms with Crippen LogP contribution in [0.25, 0.3) is 0 Å². The number of hydrogen-bond donors (Lipinski definition) is 2. The molecule has 0 aliphatic rings. The van der Waals surface area contributed by atoms with Crippen molar-refractivity contribution in [2.75, 3.05) is 24.3 Å². The molecule has 12 heteroatoms. The highest BCUT2D eigenvalue weighted by molar-refractivity contribution is 8.04. The van der Waals surface area contributed by atoms with Gasteiger partial charge in [0.2, 0.25) is 5.91 Å². The minimum atomic E-state index is -4.07. The molecule has 0 bridgehead atoms. The van der Waals surface area contributed by atoms with Crippen LogP contribution in [0.5, 0.6) is 5.75 Å². The van der Waals surface area contributed by atoms with Crippen molar-refractivity contribution >= 4 is 62.3 Å². The second-order valence-electron chi connectivity index (χ2n) is 7.81. The van der Waals surface area contributed by atoms with Gasteiger partial charge in [0.05, 0.1) is 16.5 Å². The van der Waals surface area contributed by atoms with Gasteiger partial charge in [0, 0.05) is 34.8 Å². The molecule has 0 aromatic heterocycles. The maximum absolute atomic E-state index is 13.0. The molecular formula is C25H26Cl2N4O4S2. The van der Waals surface area contributed by atoms with E-state index in [0.717, 1.165) is 11.8 Å². The fourth-order valence-corrected chi connectivity index (χ4v) is 5.66. The number of anilines is 2. The van der Waals surface area contributed by atoms with E-state index >= 15 is 0 Å². The SMILES string of the molecule is C=C(Sc1ccccc1N)N(N)S(=O)(=O)c1ccc(N(C)C(=O)CCCOc2ccc(Cl)cc2Cl)cc1. The van der Waals surface area contributed by atoms with Crippen molar-refractivity contribution in [1.82, 2.24) is 4.41 Å². The molecule has 0 unspecified atom stereocenters. The van der Waals surface area contributed by atoms with E-state index in [0.29, 0.717) is 49.5 Å². The van der Waals surface area contributed by atoms with Crippen LogP contribution in [0, 0.1) is 0 Å². The Morgan fingerprint density at radius 2 is 1.76 bits per heavy atom. The van der Waals surface area contributed by atoms with Crippen molar-refractivity contribution in [2.24, 2.45) is 5.84 Å². The minimum Gasteiger partial charge on any atom is -0.492 e. The number of carbonyl (C=O) groups excluding carboxylic acids is 1. The molecule has 8 nitrogen and oxygen atoms in total. The third-order valence-electron chi connectivity index (χ3n) is 5.23. The molecule has 0 aliphatic carbocycles. The maximum atomic E-state index is 13.0. The van der Waals surface area contributed by atoms with Gasteiger partial charge in [-0.05, 0) is 61.0 Å². The van der Waals surface area contributed by atoms with Crippen LogP contribution >= 0.6 is 35.0 Å². The summed E-state index contributed by atoms with van der Waals surface area (Å²) in [5, 5.41) is 0.984. The highest BCUT2D eigenvalue weighted by atomic mass is 35.5. The zero-order chi connectivity index (χ0) is 27.2. The fourth-order valence-electron chi connectivity index (χ4n) is 3.14. The molecule has 0 saturated heterocycles. The summed E-state index contributed by atoms with van der Waals surface area (Å²) in [6.45, 7) is 4.06. The van der Waals surface area contributed by atoms with E-state index in [2.05, 4.69) is 6.58 Å². The molecule has 0 heterocycles. The number of nitrogens with zero attached hydrogens (tertiary/aromatic N) is 2. The number of thioether (sulfide) groups is 1. The largest absolute Gasteiger partial charge is 0.492 e. The molecule has 4 N–H and O–H groups in total. The quantitative estimate of drug-likeness (QED) is 0.101. The van der Waals surface area contributed by atoms with Gasteiger partial charge in [-0.3, -0.25) is 4.79 Å². The Bertz CT molecular complexity index is 1390. The molecule has 0 spiro atoms. The number of carbonyl (C=O) groups is 1. The second-order valence-corrected chi connectivity index (χ2v) is 11.6. The van der Waals surface area contributed by atoms with Crippen LogP contribution in [0.15, 0.2) is 88.1 Å². The number of halogens is 2. The van der Waals surface area contributed by atoms with E-state index in [9.17, 15) is 13.2 Å². The summed E-state index contributed by atoms with van der Waals surface area (Å²) < 4.78 is 32.2. The lowest BCUT2D eigenvalue weighted by molar-refractivity contribution is -0.118. The van der Waals surface area contributed by atoms with Crippen molar-refractivity contribution < 1.29 is 17.9 Å². The summed E-state index contributed by atoms with van der Waals surface area (Å²) in [6, 6.07) is 17.7. The van der Waals surface area contributed by atoms with E-state index in [1.807, 2.05) is 0 Å². The van der Waals surface area contributed by atoms with Crippen LogP contribution in [0.4, 0.5) is 11.4 Å². The Morgan fingerprint density at radius 1 is 1.08 bits per heavy atom. The summed E-state index contributed by atoms with van der Waals surface area (Å²) >= 11 is 13.0. The highest BCUT2D eigenvalue weighted by Gasteiger charge is 2.24. The molecule has 0 atom stereocenters. The molecule has 3 aromatic carbocycles. The normalized spacial score (nSPS) is 11.1. The number of benzene rings is 3. The smallest absolute Gasteiger partial charge is 0.278 e. The van der Waals surface area contributed by atoms with Gasteiger partial charge in [0.25, 0.3) is 10.0 Å². The van der Waals surface area contributed by atoms with Crippen molar-refractivity contribution in [3.8, 4) is 5.75 Å². The Balaban J connectivity index is 1.56. The molecule has 196 valence electrons. The third-order valence-corrected chi connectivity index (χ3v) is 8.51. The monoisotopic (exact) mass is 580 g/mol. The lowest BCUT2D eigenvalue weighted by Gasteiger charge is -2.22. The Hall–Kier alpha value is -2.89. The predicted molar refractivity (Wildman–Crippen MR) is 150 cm³/mol. The summed E-state index contributed by atoms with van der Waals surface area (Å²) in [7, 11) is -2.46. The molecule has 0 saturated carbocycles. The number of sulfonamides is 1. The van der Waals surface area contributed by atoms with Gasteiger partial charge in [-0.15, -0.1) is 0 Å². The first-order valence-electron chi connectivity index (χ1n) is 11.0. The average Bonchev–Trinajstić information content (AvgIpc) is 2.88. The summed E-state index contributed by atoms with van der Waals surface area (Å²) in [5.41, 5.74) is 6.93. The topological polar surface area (TPSA) is 119 Å². The van der Waals surface area contributed by atoms with Gasteiger partial charge in [-0.25, -0.2) is 5.84 Å². The van der Waals surface area contributed by atoms with Crippen molar-refractivity contribution in [2.45, 2.75) is 22.6 Å². The van der Waals surface area contributed by atoms with Gasteiger partial charge in [0.15, 0.2) is 0 Å². The Morgan fingerprint density at radius 3 is 2.41 bits per heavy atom. The molecule has 1 amide bonds. The maximum Gasteiger partial charge on any atom is 0.278 e. The van der Waals surface area contributed by atoms with E-state index in [4.69, 9.17) is 39.5 Å². The molecule has 3 rings (SSSR count). The van der Waals surface area contributed by atoms with Crippen LogP contribution in [-0.2, 0) is 14.8 Å². The third kappa shape index (κ3) is 7.33. The Kier molecular flexibility index (Phi) is 9.74. The molecule has 0 fully saturated rings. The van der Waals surface area contributed by atoms with Crippen LogP contribution in [0.1, 0.15) is 12.8 Å². The second kappa shape index (κ2) is 12.6. The van der Waals surface area contributed by atoms with Crippen LogP contribution in [0.3, 0.4) is 0 Å². The van der Waals surface area contributed by atoms with E-state index in [1.54, 1.807) is 49.5 Å². The van der Waals surface area contributed by atoms with Crippen LogP contribution in [-0.4, -0.2) is 32.4 Å². The molecular weight excluding hydrogens is 555 g/mol. The number of ether oxygens (including phenoxy) is 1. The highest BCUT2D eigenvalue weighted by Crippen LogP contribution is 2.33. The van der Waals surface area contributed by atoms with Gasteiger partial charge in [-0.2, -0.15) is 12.8 Å². The number of hydrogen-bond acceptors (Lipinski definition) is 7. The van der Waals surface area contributed by atoms with Gasteiger partial charge in [-0.1, -0.05) is 53.7 Å². The predicted octanol–water partition coefficient (Wildman–Crippen LogP) is 5.53. The van der Waals surface area contributed by atoms with E-state index in [-0.39, 0.29) is 22.3 Å². The molecule has 0 radical (unpaired) electrons.